The molecule has 0 unspecified atom stereocenters. The quantitative estimate of drug-likeness (QED) is 0.792. The molecule has 0 saturated carbocycles. The standard InChI is InChI=1S/C11H14Cl2N2O/c1-2-3-7-14-11(16)15-9-6-4-5-8(12)10(9)13/h4-6H,2-3,7H2,1H3,(H2,14,15,16). The van der Waals surface area contributed by atoms with E-state index < -0.39 is 0 Å². The van der Waals surface area contributed by atoms with Crippen LogP contribution in [0.4, 0.5) is 10.5 Å². The molecule has 0 aromatic heterocycles. The summed E-state index contributed by atoms with van der Waals surface area (Å²) in [5.74, 6) is 0. The predicted molar refractivity (Wildman–Crippen MR) is 68.4 cm³/mol. The monoisotopic (exact) mass is 260 g/mol. The fraction of sp³-hybridized carbons (Fsp3) is 0.364. The largest absolute Gasteiger partial charge is 0.338 e. The summed E-state index contributed by atoms with van der Waals surface area (Å²) in [7, 11) is 0. The maximum atomic E-state index is 11.4. The van der Waals surface area contributed by atoms with Crippen molar-refractivity contribution in [2.24, 2.45) is 0 Å². The number of carbonyl (C=O) groups excluding carboxylic acids is 1. The van der Waals surface area contributed by atoms with Gasteiger partial charge in [0, 0.05) is 6.54 Å². The second kappa shape index (κ2) is 6.61. The number of urea groups is 1. The highest BCUT2D eigenvalue weighted by Crippen LogP contribution is 2.29. The molecule has 0 radical (unpaired) electrons. The summed E-state index contributed by atoms with van der Waals surface area (Å²) < 4.78 is 0. The Morgan fingerprint density at radius 3 is 2.81 bits per heavy atom. The molecule has 0 atom stereocenters. The number of rotatable bonds is 4. The van der Waals surface area contributed by atoms with Crippen LogP contribution in [-0.4, -0.2) is 12.6 Å². The van der Waals surface area contributed by atoms with Crippen LogP contribution in [0.3, 0.4) is 0 Å². The lowest BCUT2D eigenvalue weighted by Crippen LogP contribution is -2.29. The molecule has 88 valence electrons. The van der Waals surface area contributed by atoms with E-state index in [2.05, 4.69) is 17.6 Å². The first-order chi connectivity index (χ1) is 7.65. The molecule has 5 heteroatoms. The maximum absolute atomic E-state index is 11.4. The number of amides is 2. The Kier molecular flexibility index (Phi) is 5.43. The van der Waals surface area contributed by atoms with Gasteiger partial charge in [-0.1, -0.05) is 42.6 Å². The van der Waals surface area contributed by atoms with E-state index >= 15 is 0 Å². The topological polar surface area (TPSA) is 41.1 Å². The van der Waals surface area contributed by atoms with Gasteiger partial charge in [0.05, 0.1) is 15.7 Å². The number of unbranched alkanes of at least 4 members (excludes halogenated alkanes) is 1. The third kappa shape index (κ3) is 3.91. The van der Waals surface area contributed by atoms with Gasteiger partial charge in [0.15, 0.2) is 0 Å². The van der Waals surface area contributed by atoms with Gasteiger partial charge < -0.3 is 10.6 Å². The molecule has 2 amide bonds. The molecule has 0 aliphatic rings. The van der Waals surface area contributed by atoms with Gasteiger partial charge >= 0.3 is 6.03 Å². The van der Waals surface area contributed by atoms with Gasteiger partial charge in [0.2, 0.25) is 0 Å². The lowest BCUT2D eigenvalue weighted by Gasteiger charge is -2.09. The molecule has 3 nitrogen and oxygen atoms in total. The molecular formula is C11H14Cl2N2O. The number of nitrogens with one attached hydrogen (secondary N) is 2. The van der Waals surface area contributed by atoms with Gasteiger partial charge in [-0.05, 0) is 18.6 Å². The first-order valence-corrected chi connectivity index (χ1v) is 5.89. The molecule has 0 aliphatic heterocycles. The zero-order valence-corrected chi connectivity index (χ0v) is 10.5. The normalized spacial score (nSPS) is 9.94. The number of benzene rings is 1. The Hall–Kier alpha value is -0.930. The summed E-state index contributed by atoms with van der Waals surface area (Å²) >= 11 is 11.7. The zero-order valence-electron chi connectivity index (χ0n) is 9.02. The molecule has 0 bridgehead atoms. The SMILES string of the molecule is CCCCNC(=O)Nc1cccc(Cl)c1Cl. The summed E-state index contributed by atoms with van der Waals surface area (Å²) in [6.45, 7) is 2.72. The van der Waals surface area contributed by atoms with Crippen molar-refractivity contribution in [3.8, 4) is 0 Å². The number of hydrogen-bond donors (Lipinski definition) is 2. The van der Waals surface area contributed by atoms with Crippen molar-refractivity contribution >= 4 is 34.9 Å². The average Bonchev–Trinajstić information content (AvgIpc) is 2.25. The van der Waals surface area contributed by atoms with E-state index in [4.69, 9.17) is 23.2 Å². The number of hydrogen-bond acceptors (Lipinski definition) is 1. The van der Waals surface area contributed by atoms with Crippen LogP contribution in [0, 0.1) is 0 Å². The van der Waals surface area contributed by atoms with Crippen LogP contribution in [0.2, 0.25) is 10.0 Å². The van der Waals surface area contributed by atoms with Gasteiger partial charge in [-0.15, -0.1) is 0 Å². The minimum atomic E-state index is -0.266. The van der Waals surface area contributed by atoms with Crippen molar-refractivity contribution in [2.75, 3.05) is 11.9 Å². The van der Waals surface area contributed by atoms with Gasteiger partial charge in [-0.2, -0.15) is 0 Å². The van der Waals surface area contributed by atoms with E-state index in [9.17, 15) is 4.79 Å². The molecule has 1 aromatic carbocycles. The summed E-state index contributed by atoms with van der Waals surface area (Å²) in [5.41, 5.74) is 0.517. The minimum absolute atomic E-state index is 0.266. The van der Waals surface area contributed by atoms with Crippen LogP contribution >= 0.6 is 23.2 Å². The third-order valence-electron chi connectivity index (χ3n) is 2.02. The van der Waals surface area contributed by atoms with Crippen LogP contribution in [0.25, 0.3) is 0 Å². The van der Waals surface area contributed by atoms with E-state index in [1.807, 2.05) is 0 Å². The Labute approximate surface area is 105 Å². The van der Waals surface area contributed by atoms with Crippen molar-refractivity contribution in [2.45, 2.75) is 19.8 Å². The van der Waals surface area contributed by atoms with E-state index in [1.54, 1.807) is 18.2 Å². The highest BCUT2D eigenvalue weighted by Gasteiger charge is 2.06. The van der Waals surface area contributed by atoms with E-state index in [0.29, 0.717) is 22.3 Å². The molecule has 0 spiro atoms. The van der Waals surface area contributed by atoms with Crippen LogP contribution in [0.15, 0.2) is 18.2 Å². The van der Waals surface area contributed by atoms with Crippen LogP contribution in [0.1, 0.15) is 19.8 Å². The van der Waals surface area contributed by atoms with E-state index in [-0.39, 0.29) is 6.03 Å². The highest BCUT2D eigenvalue weighted by molar-refractivity contribution is 6.43. The van der Waals surface area contributed by atoms with Crippen LogP contribution < -0.4 is 10.6 Å². The van der Waals surface area contributed by atoms with Crippen molar-refractivity contribution < 1.29 is 4.79 Å². The maximum Gasteiger partial charge on any atom is 0.319 e. The van der Waals surface area contributed by atoms with Crippen molar-refractivity contribution in [1.29, 1.82) is 0 Å². The minimum Gasteiger partial charge on any atom is -0.338 e. The second-order valence-electron chi connectivity index (χ2n) is 3.34. The van der Waals surface area contributed by atoms with E-state index in [1.165, 1.54) is 0 Å². The fourth-order valence-corrected chi connectivity index (χ4v) is 1.49. The summed E-state index contributed by atoms with van der Waals surface area (Å²) in [5, 5.41) is 6.15. The summed E-state index contributed by atoms with van der Waals surface area (Å²) in [4.78, 5) is 11.4. The lowest BCUT2D eigenvalue weighted by molar-refractivity contribution is 0.252. The third-order valence-corrected chi connectivity index (χ3v) is 2.83. The van der Waals surface area contributed by atoms with Gasteiger partial charge in [-0.3, -0.25) is 0 Å². The number of halogens is 2. The van der Waals surface area contributed by atoms with Crippen molar-refractivity contribution in [3.05, 3.63) is 28.2 Å². The average molecular weight is 261 g/mol. The number of anilines is 1. The molecule has 0 saturated heterocycles. The summed E-state index contributed by atoms with van der Waals surface area (Å²) in [6.07, 6.45) is 1.99. The Morgan fingerprint density at radius 2 is 2.12 bits per heavy atom. The fourth-order valence-electron chi connectivity index (χ4n) is 1.15. The van der Waals surface area contributed by atoms with Crippen LogP contribution in [0.5, 0.6) is 0 Å². The highest BCUT2D eigenvalue weighted by atomic mass is 35.5. The van der Waals surface area contributed by atoms with Gasteiger partial charge in [-0.25, -0.2) is 4.79 Å². The molecule has 1 rings (SSSR count). The Bertz CT molecular complexity index is 369. The first-order valence-electron chi connectivity index (χ1n) is 5.14. The Balaban J connectivity index is 2.53. The number of carbonyl (C=O) groups is 1. The van der Waals surface area contributed by atoms with Crippen molar-refractivity contribution in [1.82, 2.24) is 5.32 Å². The predicted octanol–water partition coefficient (Wildman–Crippen LogP) is 3.92. The molecule has 16 heavy (non-hydrogen) atoms. The summed E-state index contributed by atoms with van der Waals surface area (Å²) in [6, 6.07) is 4.84. The molecule has 1 aromatic rings. The molecule has 0 fully saturated rings. The van der Waals surface area contributed by atoms with Crippen LogP contribution in [-0.2, 0) is 0 Å². The lowest BCUT2D eigenvalue weighted by atomic mass is 10.3. The van der Waals surface area contributed by atoms with Gasteiger partial charge in [0.1, 0.15) is 0 Å². The molecular weight excluding hydrogens is 247 g/mol. The van der Waals surface area contributed by atoms with E-state index in [0.717, 1.165) is 12.8 Å². The van der Waals surface area contributed by atoms with Gasteiger partial charge in [0.25, 0.3) is 0 Å². The Morgan fingerprint density at radius 1 is 1.38 bits per heavy atom. The van der Waals surface area contributed by atoms with Crippen molar-refractivity contribution in [3.63, 3.8) is 0 Å². The first kappa shape index (κ1) is 13.1. The zero-order chi connectivity index (χ0) is 12.0. The molecule has 0 aliphatic carbocycles. The molecule has 2 N–H and O–H groups in total. The smallest absolute Gasteiger partial charge is 0.319 e. The molecule has 0 heterocycles. The second-order valence-corrected chi connectivity index (χ2v) is 4.12.